The summed E-state index contributed by atoms with van der Waals surface area (Å²) in [7, 11) is 1.47. The quantitative estimate of drug-likeness (QED) is 0.498. The van der Waals surface area contributed by atoms with Crippen molar-refractivity contribution >= 4 is 27.8 Å². The van der Waals surface area contributed by atoms with Crippen LogP contribution in [-0.2, 0) is 24.2 Å². The van der Waals surface area contributed by atoms with Crippen molar-refractivity contribution in [3.63, 3.8) is 0 Å². The number of rotatable bonds is 7. The van der Waals surface area contributed by atoms with Gasteiger partial charge in [-0.2, -0.15) is 0 Å². The molecule has 0 aromatic heterocycles. The zero-order valence-electron chi connectivity index (χ0n) is 15.5. The standard InChI is InChI=1S/C18H23NO7S/c1-19(14-8-9-27(22,23)12-14)17(20)11-26-18(21)7-5-13-4-6-15(24-2)16(10-13)25-3/h4-7,10,14H,8-9,11-12H2,1-3H3/b7-5+/t14-/m0/s1. The third kappa shape index (κ3) is 5.72. The van der Waals surface area contributed by atoms with Gasteiger partial charge in [-0.05, 0) is 30.2 Å². The number of amides is 1. The van der Waals surface area contributed by atoms with Gasteiger partial charge in [0, 0.05) is 19.2 Å². The highest BCUT2D eigenvalue weighted by molar-refractivity contribution is 7.91. The van der Waals surface area contributed by atoms with E-state index >= 15 is 0 Å². The van der Waals surface area contributed by atoms with E-state index in [2.05, 4.69) is 0 Å². The summed E-state index contributed by atoms with van der Waals surface area (Å²) in [5, 5.41) is 0. The molecule has 8 nitrogen and oxygen atoms in total. The molecular formula is C18H23NO7S. The predicted octanol–water partition coefficient (Wildman–Crippen LogP) is 0.906. The second kappa shape index (κ2) is 8.90. The topological polar surface area (TPSA) is 99.2 Å². The summed E-state index contributed by atoms with van der Waals surface area (Å²) in [4.78, 5) is 25.2. The van der Waals surface area contributed by atoms with E-state index in [0.717, 1.165) is 0 Å². The third-order valence-corrected chi connectivity index (χ3v) is 6.06. The summed E-state index contributed by atoms with van der Waals surface area (Å²) in [6, 6.07) is 4.77. The molecule has 0 saturated carbocycles. The number of hydrogen-bond donors (Lipinski definition) is 0. The van der Waals surface area contributed by atoms with Gasteiger partial charge in [0.25, 0.3) is 5.91 Å². The molecule has 1 aliphatic rings. The lowest BCUT2D eigenvalue weighted by atomic mass is 10.2. The first kappa shape index (κ1) is 20.8. The Balaban J connectivity index is 1.87. The first-order valence-corrected chi connectivity index (χ1v) is 10.1. The molecule has 1 aliphatic heterocycles. The Hall–Kier alpha value is -2.55. The van der Waals surface area contributed by atoms with Crippen LogP contribution in [0.2, 0.25) is 0 Å². The smallest absolute Gasteiger partial charge is 0.331 e. The number of methoxy groups -OCH3 is 2. The van der Waals surface area contributed by atoms with Crippen LogP contribution in [0.4, 0.5) is 0 Å². The monoisotopic (exact) mass is 397 g/mol. The van der Waals surface area contributed by atoms with Crippen LogP contribution in [0.3, 0.4) is 0 Å². The highest BCUT2D eigenvalue weighted by Crippen LogP contribution is 2.27. The molecule has 0 bridgehead atoms. The number of sulfone groups is 1. The van der Waals surface area contributed by atoms with E-state index in [1.807, 2.05) is 0 Å². The van der Waals surface area contributed by atoms with Crippen molar-refractivity contribution in [3.8, 4) is 11.5 Å². The van der Waals surface area contributed by atoms with Gasteiger partial charge in [0.2, 0.25) is 0 Å². The molecule has 0 N–H and O–H groups in total. The van der Waals surface area contributed by atoms with Gasteiger partial charge in [0.15, 0.2) is 27.9 Å². The average Bonchev–Trinajstić information content (AvgIpc) is 3.03. The third-order valence-electron chi connectivity index (χ3n) is 4.31. The van der Waals surface area contributed by atoms with Crippen molar-refractivity contribution in [2.24, 2.45) is 0 Å². The van der Waals surface area contributed by atoms with Gasteiger partial charge in [-0.1, -0.05) is 6.07 Å². The van der Waals surface area contributed by atoms with Gasteiger partial charge >= 0.3 is 5.97 Å². The summed E-state index contributed by atoms with van der Waals surface area (Å²) in [5.74, 6) is -0.00223. The van der Waals surface area contributed by atoms with Crippen LogP contribution in [0, 0.1) is 0 Å². The van der Waals surface area contributed by atoms with Gasteiger partial charge < -0.3 is 19.1 Å². The van der Waals surface area contributed by atoms with Crippen molar-refractivity contribution in [1.29, 1.82) is 0 Å². The number of ether oxygens (including phenoxy) is 3. The Kier molecular flexibility index (Phi) is 6.84. The van der Waals surface area contributed by atoms with Crippen molar-refractivity contribution in [2.45, 2.75) is 12.5 Å². The van der Waals surface area contributed by atoms with Crippen LogP contribution in [0.25, 0.3) is 6.08 Å². The molecule has 1 aromatic rings. The number of likely N-dealkylation sites (N-methyl/N-ethyl adjacent to an activating group) is 1. The maximum atomic E-state index is 12.1. The number of hydrogen-bond acceptors (Lipinski definition) is 7. The van der Waals surface area contributed by atoms with E-state index in [0.29, 0.717) is 23.5 Å². The molecule has 0 aliphatic carbocycles. The zero-order valence-corrected chi connectivity index (χ0v) is 16.3. The number of carbonyl (C=O) groups is 2. The van der Waals surface area contributed by atoms with Crippen LogP contribution in [0.1, 0.15) is 12.0 Å². The van der Waals surface area contributed by atoms with Crippen molar-refractivity contribution in [3.05, 3.63) is 29.8 Å². The van der Waals surface area contributed by atoms with Gasteiger partial charge in [-0.15, -0.1) is 0 Å². The summed E-state index contributed by atoms with van der Waals surface area (Å²) in [6.45, 7) is -0.442. The molecule has 2 rings (SSSR count). The minimum absolute atomic E-state index is 0.0532. The normalized spacial score (nSPS) is 18.3. The highest BCUT2D eigenvalue weighted by Gasteiger charge is 2.32. The molecule has 148 valence electrons. The van der Waals surface area contributed by atoms with E-state index < -0.39 is 28.3 Å². The molecule has 0 unspecified atom stereocenters. The van der Waals surface area contributed by atoms with Crippen LogP contribution in [0.15, 0.2) is 24.3 Å². The van der Waals surface area contributed by atoms with E-state index in [1.54, 1.807) is 18.2 Å². The number of nitrogens with zero attached hydrogens (tertiary/aromatic N) is 1. The highest BCUT2D eigenvalue weighted by atomic mass is 32.2. The maximum Gasteiger partial charge on any atom is 0.331 e. The van der Waals surface area contributed by atoms with Gasteiger partial charge in [-0.25, -0.2) is 13.2 Å². The zero-order chi connectivity index (χ0) is 20.0. The summed E-state index contributed by atoms with van der Waals surface area (Å²) < 4.78 is 38.2. The van der Waals surface area contributed by atoms with E-state index in [-0.39, 0.29) is 17.5 Å². The molecule has 1 atom stereocenters. The first-order chi connectivity index (χ1) is 12.8. The number of esters is 1. The van der Waals surface area contributed by atoms with Gasteiger partial charge in [0.1, 0.15) is 0 Å². The molecule has 9 heteroatoms. The minimum Gasteiger partial charge on any atom is -0.493 e. The fourth-order valence-electron chi connectivity index (χ4n) is 2.69. The van der Waals surface area contributed by atoms with Crippen molar-refractivity contribution < 1.29 is 32.2 Å². The van der Waals surface area contributed by atoms with Crippen LogP contribution < -0.4 is 9.47 Å². The minimum atomic E-state index is -3.09. The number of carbonyl (C=O) groups excluding carboxylic acids is 2. The first-order valence-electron chi connectivity index (χ1n) is 8.28. The lowest BCUT2D eigenvalue weighted by molar-refractivity contribution is -0.148. The SMILES string of the molecule is COc1ccc(/C=C/C(=O)OCC(=O)N(C)[C@H]2CCS(=O)(=O)C2)cc1OC. The summed E-state index contributed by atoms with van der Waals surface area (Å²) >= 11 is 0. The molecular weight excluding hydrogens is 374 g/mol. The fraction of sp³-hybridized carbons (Fsp3) is 0.444. The largest absolute Gasteiger partial charge is 0.493 e. The molecule has 1 aromatic carbocycles. The molecule has 1 saturated heterocycles. The Bertz CT molecular complexity index is 832. The molecule has 1 fully saturated rings. The predicted molar refractivity (Wildman–Crippen MR) is 99.4 cm³/mol. The van der Waals surface area contributed by atoms with E-state index in [9.17, 15) is 18.0 Å². The van der Waals surface area contributed by atoms with E-state index in [1.165, 1.54) is 38.3 Å². The van der Waals surface area contributed by atoms with Crippen LogP contribution >= 0.6 is 0 Å². The Labute approximate surface area is 158 Å². The fourth-order valence-corrected chi connectivity index (χ4v) is 4.46. The van der Waals surface area contributed by atoms with Crippen molar-refractivity contribution in [2.75, 3.05) is 39.4 Å². The molecule has 0 radical (unpaired) electrons. The lowest BCUT2D eigenvalue weighted by Crippen LogP contribution is -2.40. The van der Waals surface area contributed by atoms with E-state index in [4.69, 9.17) is 14.2 Å². The molecule has 1 amide bonds. The Morgan fingerprint density at radius 1 is 1.22 bits per heavy atom. The lowest BCUT2D eigenvalue weighted by Gasteiger charge is -2.22. The second-order valence-electron chi connectivity index (χ2n) is 6.12. The molecule has 0 spiro atoms. The second-order valence-corrected chi connectivity index (χ2v) is 8.35. The van der Waals surface area contributed by atoms with Crippen LogP contribution in [-0.4, -0.2) is 70.6 Å². The maximum absolute atomic E-state index is 12.1. The number of benzene rings is 1. The summed E-state index contributed by atoms with van der Waals surface area (Å²) in [5.41, 5.74) is 0.698. The van der Waals surface area contributed by atoms with Gasteiger partial charge in [0.05, 0.1) is 25.7 Å². The molecule has 1 heterocycles. The van der Waals surface area contributed by atoms with Crippen LogP contribution in [0.5, 0.6) is 11.5 Å². The average molecular weight is 397 g/mol. The van der Waals surface area contributed by atoms with Gasteiger partial charge in [-0.3, -0.25) is 4.79 Å². The van der Waals surface area contributed by atoms with Crippen molar-refractivity contribution in [1.82, 2.24) is 4.90 Å². The Morgan fingerprint density at radius 3 is 2.52 bits per heavy atom. The summed E-state index contributed by atoms with van der Waals surface area (Å²) in [6.07, 6.45) is 3.13. The molecule has 27 heavy (non-hydrogen) atoms. The Morgan fingerprint density at radius 2 is 1.93 bits per heavy atom.